The summed E-state index contributed by atoms with van der Waals surface area (Å²) in [5.74, 6) is 0.247. The summed E-state index contributed by atoms with van der Waals surface area (Å²) in [5, 5.41) is 3.18. The van der Waals surface area contributed by atoms with Gasteiger partial charge in [0.15, 0.2) is 0 Å². The van der Waals surface area contributed by atoms with Gasteiger partial charge in [-0.1, -0.05) is 62.1 Å². The topological polar surface area (TPSA) is 105 Å². The highest BCUT2D eigenvalue weighted by atomic mass is 32.2. The molecule has 45 heavy (non-hydrogen) atoms. The van der Waals surface area contributed by atoms with Crippen LogP contribution in [0, 0.1) is 13.8 Å². The van der Waals surface area contributed by atoms with E-state index in [-0.39, 0.29) is 29.1 Å². The minimum Gasteiger partial charge on any atom is -0.497 e. The summed E-state index contributed by atoms with van der Waals surface area (Å²) in [6, 6.07) is 18.3. The molecule has 1 fully saturated rings. The van der Waals surface area contributed by atoms with E-state index in [1.807, 2.05) is 39.0 Å². The smallest absolute Gasteiger partial charge is 0.264 e. The number of hydrogen-bond acceptors (Lipinski definition) is 6. The number of hydrogen-bond donors (Lipinski definition) is 1. The zero-order chi connectivity index (χ0) is 32.6. The predicted octanol–water partition coefficient (Wildman–Crippen LogP) is 5.77. The van der Waals surface area contributed by atoms with Crippen molar-refractivity contribution >= 4 is 27.5 Å². The zero-order valence-electron chi connectivity index (χ0n) is 26.9. The highest BCUT2D eigenvalue weighted by Crippen LogP contribution is 2.34. The number of rotatable bonds is 13. The summed E-state index contributed by atoms with van der Waals surface area (Å²) in [5.41, 5.74) is 2.74. The molecule has 1 N–H and O–H groups in total. The molecule has 3 aromatic rings. The van der Waals surface area contributed by atoms with E-state index in [0.717, 1.165) is 53.1 Å². The zero-order valence-corrected chi connectivity index (χ0v) is 27.7. The van der Waals surface area contributed by atoms with Crippen LogP contribution in [0.3, 0.4) is 0 Å². The standard InChI is InChI=1S/C35H45N3O6S/c1-6-31(35(40)36-28-10-8-7-9-11-28)37(23-27-15-17-29(43-4)18-16-27)34(39)24-38(32-22-26(3)14-21-33(32)44-5)45(41,42)30-19-12-25(2)13-20-30/h12-22,28,31H,6-11,23-24H2,1-5H3,(H,36,40)/t31-/m0/s1. The number of ether oxygens (including phenoxy) is 2. The lowest BCUT2D eigenvalue weighted by Gasteiger charge is -2.34. The Morgan fingerprint density at radius 2 is 1.53 bits per heavy atom. The Morgan fingerprint density at radius 1 is 0.889 bits per heavy atom. The molecule has 3 aromatic carbocycles. The Kier molecular flexibility index (Phi) is 11.5. The van der Waals surface area contributed by atoms with Crippen molar-refractivity contribution in [2.75, 3.05) is 25.1 Å². The third-order valence-corrected chi connectivity index (χ3v) is 10.1. The van der Waals surface area contributed by atoms with Gasteiger partial charge in [-0.25, -0.2) is 8.42 Å². The first kappa shape index (κ1) is 33.8. The minimum absolute atomic E-state index is 0.0493. The van der Waals surface area contributed by atoms with Crippen LogP contribution in [0.5, 0.6) is 11.5 Å². The average molecular weight is 636 g/mol. The number of aryl methyl sites for hydroxylation is 2. The molecule has 9 nitrogen and oxygen atoms in total. The van der Waals surface area contributed by atoms with Crippen molar-refractivity contribution in [3.8, 4) is 11.5 Å². The quantitative estimate of drug-likeness (QED) is 0.256. The van der Waals surface area contributed by atoms with Gasteiger partial charge in [-0.15, -0.1) is 0 Å². The van der Waals surface area contributed by atoms with Crippen LogP contribution in [0.25, 0.3) is 0 Å². The van der Waals surface area contributed by atoms with Crippen LogP contribution in [0.4, 0.5) is 5.69 Å². The number of methoxy groups -OCH3 is 2. The van der Waals surface area contributed by atoms with Crippen molar-refractivity contribution in [1.82, 2.24) is 10.2 Å². The van der Waals surface area contributed by atoms with Crippen molar-refractivity contribution in [2.24, 2.45) is 0 Å². The summed E-state index contributed by atoms with van der Waals surface area (Å²) in [7, 11) is -1.17. The molecular weight excluding hydrogens is 590 g/mol. The van der Waals surface area contributed by atoms with Crippen LogP contribution in [0.15, 0.2) is 71.6 Å². The summed E-state index contributed by atoms with van der Waals surface area (Å²) in [4.78, 5) is 29.7. The maximum absolute atomic E-state index is 14.4. The van der Waals surface area contributed by atoms with Crippen molar-refractivity contribution in [3.05, 3.63) is 83.4 Å². The number of nitrogens with one attached hydrogen (secondary N) is 1. The molecule has 0 aliphatic heterocycles. The maximum Gasteiger partial charge on any atom is 0.264 e. The van der Waals surface area contributed by atoms with E-state index in [9.17, 15) is 18.0 Å². The highest BCUT2D eigenvalue weighted by Gasteiger charge is 2.35. The number of carbonyl (C=O) groups is 2. The molecule has 1 saturated carbocycles. The van der Waals surface area contributed by atoms with Crippen molar-refractivity contribution < 1.29 is 27.5 Å². The minimum atomic E-state index is -4.22. The highest BCUT2D eigenvalue weighted by molar-refractivity contribution is 7.92. The lowest BCUT2D eigenvalue weighted by atomic mass is 9.95. The van der Waals surface area contributed by atoms with E-state index in [2.05, 4.69) is 5.32 Å². The number of anilines is 1. The molecule has 4 rings (SSSR count). The molecule has 0 unspecified atom stereocenters. The Labute approximate surface area is 267 Å². The molecule has 1 aliphatic rings. The molecule has 0 aromatic heterocycles. The molecule has 1 atom stereocenters. The molecular formula is C35H45N3O6S. The van der Waals surface area contributed by atoms with E-state index in [1.54, 1.807) is 43.5 Å². The van der Waals surface area contributed by atoms with E-state index in [4.69, 9.17) is 9.47 Å². The second-order valence-corrected chi connectivity index (χ2v) is 13.5. The molecule has 0 spiro atoms. The van der Waals surface area contributed by atoms with Gasteiger partial charge in [0.2, 0.25) is 11.8 Å². The molecule has 0 bridgehead atoms. The predicted molar refractivity (Wildman–Crippen MR) is 176 cm³/mol. The fourth-order valence-electron chi connectivity index (χ4n) is 5.74. The number of nitrogens with zero attached hydrogens (tertiary/aromatic N) is 2. The SMILES string of the molecule is CC[C@@H](C(=O)NC1CCCCC1)N(Cc1ccc(OC)cc1)C(=O)CN(c1cc(C)ccc1OC)S(=O)(=O)c1ccc(C)cc1. The first-order chi connectivity index (χ1) is 21.6. The van der Waals surface area contributed by atoms with E-state index in [1.165, 1.54) is 24.1 Å². The van der Waals surface area contributed by atoms with Gasteiger partial charge in [0.25, 0.3) is 10.0 Å². The van der Waals surface area contributed by atoms with Crippen molar-refractivity contribution in [3.63, 3.8) is 0 Å². The third-order valence-electron chi connectivity index (χ3n) is 8.34. The average Bonchev–Trinajstić information content (AvgIpc) is 3.04. The summed E-state index contributed by atoms with van der Waals surface area (Å²) >= 11 is 0. The first-order valence-electron chi connectivity index (χ1n) is 15.5. The molecule has 242 valence electrons. The second-order valence-electron chi connectivity index (χ2n) is 11.6. The van der Waals surface area contributed by atoms with Gasteiger partial charge in [0, 0.05) is 12.6 Å². The fraction of sp³-hybridized carbons (Fsp3) is 0.429. The van der Waals surface area contributed by atoms with Gasteiger partial charge in [-0.2, -0.15) is 0 Å². The van der Waals surface area contributed by atoms with Crippen molar-refractivity contribution in [2.45, 2.75) is 82.8 Å². The molecule has 0 heterocycles. The van der Waals surface area contributed by atoms with Crippen molar-refractivity contribution in [1.29, 1.82) is 0 Å². The van der Waals surface area contributed by atoms with E-state index in [0.29, 0.717) is 17.9 Å². The molecule has 1 aliphatic carbocycles. The van der Waals surface area contributed by atoms with Gasteiger partial charge < -0.3 is 19.7 Å². The Hall–Kier alpha value is -4.05. The Balaban J connectivity index is 1.75. The van der Waals surface area contributed by atoms with Crippen LogP contribution >= 0.6 is 0 Å². The van der Waals surface area contributed by atoms with Crippen LogP contribution in [-0.4, -0.2) is 58.0 Å². The maximum atomic E-state index is 14.4. The second kappa shape index (κ2) is 15.3. The normalized spacial score (nSPS) is 14.3. The lowest BCUT2D eigenvalue weighted by molar-refractivity contribution is -0.140. The van der Waals surface area contributed by atoms with Gasteiger partial charge >= 0.3 is 0 Å². The van der Waals surface area contributed by atoms with Gasteiger partial charge in [0.1, 0.15) is 24.1 Å². The number of sulfonamides is 1. The summed E-state index contributed by atoms with van der Waals surface area (Å²) in [6.07, 6.45) is 5.44. The van der Waals surface area contributed by atoms with E-state index < -0.39 is 28.5 Å². The molecule has 0 radical (unpaired) electrons. The van der Waals surface area contributed by atoms with Crippen LogP contribution in [-0.2, 0) is 26.2 Å². The van der Waals surface area contributed by atoms with E-state index >= 15 is 0 Å². The Bertz CT molecular complexity index is 1550. The third kappa shape index (κ3) is 8.36. The van der Waals surface area contributed by atoms with Crippen LogP contribution in [0.1, 0.15) is 62.1 Å². The van der Waals surface area contributed by atoms with Gasteiger partial charge in [-0.3, -0.25) is 13.9 Å². The number of carbonyl (C=O) groups excluding carboxylic acids is 2. The molecule has 0 saturated heterocycles. The van der Waals surface area contributed by atoms with Gasteiger partial charge in [0.05, 0.1) is 24.8 Å². The van der Waals surface area contributed by atoms with Crippen LogP contribution < -0.4 is 19.1 Å². The largest absolute Gasteiger partial charge is 0.497 e. The number of benzene rings is 3. The lowest BCUT2D eigenvalue weighted by Crippen LogP contribution is -2.54. The summed E-state index contributed by atoms with van der Waals surface area (Å²) in [6.45, 7) is 5.17. The summed E-state index contributed by atoms with van der Waals surface area (Å²) < 4.78 is 40.5. The van der Waals surface area contributed by atoms with Gasteiger partial charge in [-0.05, 0) is 80.6 Å². The Morgan fingerprint density at radius 3 is 2.13 bits per heavy atom. The monoisotopic (exact) mass is 635 g/mol. The first-order valence-corrected chi connectivity index (χ1v) is 17.0. The molecule has 10 heteroatoms. The van der Waals surface area contributed by atoms with Crippen LogP contribution in [0.2, 0.25) is 0 Å². The fourth-order valence-corrected chi connectivity index (χ4v) is 7.15. The number of amides is 2. The molecule has 2 amide bonds.